The predicted molar refractivity (Wildman–Crippen MR) is 120 cm³/mol. The lowest BCUT2D eigenvalue weighted by Gasteiger charge is -2.21. The summed E-state index contributed by atoms with van der Waals surface area (Å²) in [5, 5.41) is 8.28. The van der Waals surface area contributed by atoms with E-state index in [2.05, 4.69) is 16.0 Å². The summed E-state index contributed by atoms with van der Waals surface area (Å²) in [7, 11) is 1.54. The molecule has 1 atom stereocenters. The number of benzene rings is 1. The largest absolute Gasteiger partial charge is 0.451 e. The van der Waals surface area contributed by atoms with Crippen LogP contribution < -0.4 is 16.0 Å². The van der Waals surface area contributed by atoms with Crippen molar-refractivity contribution in [3.05, 3.63) is 47.7 Å². The second kappa shape index (κ2) is 10.9. The van der Waals surface area contributed by atoms with Gasteiger partial charge in [0.15, 0.2) is 5.76 Å². The van der Waals surface area contributed by atoms with Gasteiger partial charge in [0.1, 0.15) is 11.8 Å². The highest BCUT2D eigenvalue weighted by molar-refractivity contribution is 5.96. The topological polar surface area (TPSA) is 110 Å². The minimum atomic E-state index is -0.649. The van der Waals surface area contributed by atoms with Gasteiger partial charge in [-0.3, -0.25) is 14.4 Å². The lowest BCUT2D eigenvalue weighted by Crippen LogP contribution is -2.48. The summed E-state index contributed by atoms with van der Waals surface area (Å²) >= 11 is 0. The maximum Gasteiger partial charge on any atom is 0.287 e. The maximum absolute atomic E-state index is 12.6. The molecule has 1 aliphatic heterocycles. The van der Waals surface area contributed by atoms with Gasteiger partial charge >= 0.3 is 0 Å². The molecule has 1 aromatic heterocycles. The number of rotatable bonds is 8. The summed E-state index contributed by atoms with van der Waals surface area (Å²) in [5.41, 5.74) is 1.73. The van der Waals surface area contributed by atoms with Crippen LogP contribution in [0.15, 0.2) is 40.8 Å². The maximum atomic E-state index is 12.6. The number of hydrogen-bond acceptors (Lipinski definition) is 5. The third kappa shape index (κ3) is 5.97. The van der Waals surface area contributed by atoms with Crippen LogP contribution in [0.25, 0.3) is 11.3 Å². The van der Waals surface area contributed by atoms with Crippen molar-refractivity contribution in [1.82, 2.24) is 16.0 Å². The SMILES string of the molecule is CNC(=O)C(NC(=O)c1ccc(-c2cccc(CNC(=O)C3CCOCC3)c2)o1)C(C)C. The minimum absolute atomic E-state index is 0.00234. The minimum Gasteiger partial charge on any atom is -0.451 e. The highest BCUT2D eigenvalue weighted by Gasteiger charge is 2.25. The van der Waals surface area contributed by atoms with E-state index < -0.39 is 11.9 Å². The molecule has 1 saturated heterocycles. The van der Waals surface area contributed by atoms with Crippen molar-refractivity contribution in [1.29, 1.82) is 0 Å². The lowest BCUT2D eigenvalue weighted by molar-refractivity contribution is -0.128. The zero-order valence-electron chi connectivity index (χ0n) is 18.8. The van der Waals surface area contributed by atoms with Crippen LogP contribution in [0.4, 0.5) is 0 Å². The first-order valence-electron chi connectivity index (χ1n) is 11.0. The molecule has 1 aromatic carbocycles. The molecule has 0 saturated carbocycles. The summed E-state index contributed by atoms with van der Waals surface area (Å²) < 4.78 is 11.1. The molecule has 1 aliphatic rings. The van der Waals surface area contributed by atoms with E-state index in [-0.39, 0.29) is 29.4 Å². The Morgan fingerprint density at radius 2 is 1.84 bits per heavy atom. The Morgan fingerprint density at radius 3 is 2.53 bits per heavy atom. The molecule has 2 heterocycles. The normalized spacial score (nSPS) is 15.2. The van der Waals surface area contributed by atoms with Gasteiger partial charge in [-0.25, -0.2) is 0 Å². The number of likely N-dealkylation sites (N-methyl/N-ethyl adjacent to an activating group) is 1. The smallest absolute Gasteiger partial charge is 0.287 e. The van der Waals surface area contributed by atoms with Crippen molar-refractivity contribution in [2.24, 2.45) is 11.8 Å². The van der Waals surface area contributed by atoms with Gasteiger partial charge in [0.05, 0.1) is 0 Å². The molecular formula is C24H31N3O5. The van der Waals surface area contributed by atoms with Crippen LogP contribution in [0.3, 0.4) is 0 Å². The standard InChI is InChI=1S/C24H31N3O5/c1-15(2)21(24(30)25-3)27-23(29)20-8-7-19(32-20)18-6-4-5-16(13-18)14-26-22(28)17-9-11-31-12-10-17/h4-8,13,15,17,21H,9-12,14H2,1-3H3,(H,25,30)(H,26,28)(H,27,29). The van der Waals surface area contributed by atoms with Gasteiger partial charge in [0, 0.05) is 38.3 Å². The van der Waals surface area contributed by atoms with Crippen LogP contribution in [-0.2, 0) is 20.9 Å². The van der Waals surface area contributed by atoms with Crippen LogP contribution in [-0.4, -0.2) is 44.0 Å². The molecule has 172 valence electrons. The average molecular weight is 442 g/mol. The molecular weight excluding hydrogens is 410 g/mol. The van der Waals surface area contributed by atoms with Gasteiger partial charge in [0.25, 0.3) is 5.91 Å². The average Bonchev–Trinajstić information content (AvgIpc) is 3.31. The van der Waals surface area contributed by atoms with E-state index in [1.54, 1.807) is 12.1 Å². The number of ether oxygens (including phenoxy) is 1. The second-order valence-electron chi connectivity index (χ2n) is 8.28. The molecule has 2 aromatic rings. The van der Waals surface area contributed by atoms with Crippen molar-refractivity contribution in [2.45, 2.75) is 39.3 Å². The highest BCUT2D eigenvalue weighted by Crippen LogP contribution is 2.24. The third-order valence-corrected chi connectivity index (χ3v) is 5.58. The Balaban J connectivity index is 1.63. The van der Waals surface area contributed by atoms with Crippen LogP contribution in [0.1, 0.15) is 42.8 Å². The van der Waals surface area contributed by atoms with Gasteiger partial charge in [-0.15, -0.1) is 0 Å². The Morgan fingerprint density at radius 1 is 1.09 bits per heavy atom. The van der Waals surface area contributed by atoms with E-state index >= 15 is 0 Å². The fourth-order valence-electron chi connectivity index (χ4n) is 3.65. The molecule has 8 heteroatoms. The number of nitrogens with one attached hydrogen (secondary N) is 3. The Labute approximate surface area is 188 Å². The van der Waals surface area contributed by atoms with Crippen molar-refractivity contribution in [3.8, 4) is 11.3 Å². The molecule has 3 N–H and O–H groups in total. The molecule has 32 heavy (non-hydrogen) atoms. The quantitative estimate of drug-likeness (QED) is 0.583. The fourth-order valence-corrected chi connectivity index (χ4v) is 3.65. The second-order valence-corrected chi connectivity index (χ2v) is 8.28. The van der Waals surface area contributed by atoms with E-state index in [9.17, 15) is 14.4 Å². The number of furan rings is 1. The lowest BCUT2D eigenvalue weighted by atomic mass is 9.99. The molecule has 3 amide bonds. The molecule has 0 radical (unpaired) electrons. The van der Waals surface area contributed by atoms with Crippen molar-refractivity contribution in [2.75, 3.05) is 20.3 Å². The molecule has 0 aliphatic carbocycles. The van der Waals surface area contributed by atoms with E-state index in [4.69, 9.17) is 9.15 Å². The van der Waals surface area contributed by atoms with Crippen LogP contribution in [0, 0.1) is 11.8 Å². The highest BCUT2D eigenvalue weighted by atomic mass is 16.5. The van der Waals surface area contributed by atoms with Gasteiger partial charge in [-0.2, -0.15) is 0 Å². The van der Waals surface area contributed by atoms with E-state index in [1.165, 1.54) is 7.05 Å². The van der Waals surface area contributed by atoms with Crippen LogP contribution in [0.5, 0.6) is 0 Å². The van der Waals surface area contributed by atoms with Gasteiger partial charge in [-0.05, 0) is 42.5 Å². The Kier molecular flexibility index (Phi) is 8.05. The number of carbonyl (C=O) groups excluding carboxylic acids is 3. The first-order valence-corrected chi connectivity index (χ1v) is 11.0. The number of carbonyl (C=O) groups is 3. The number of amides is 3. The van der Waals surface area contributed by atoms with Gasteiger partial charge in [-0.1, -0.05) is 32.0 Å². The summed E-state index contributed by atoms with van der Waals surface area (Å²) in [6.07, 6.45) is 1.50. The Bertz CT molecular complexity index is 947. The summed E-state index contributed by atoms with van der Waals surface area (Å²) in [6, 6.07) is 10.3. The zero-order valence-corrected chi connectivity index (χ0v) is 18.8. The zero-order chi connectivity index (χ0) is 23.1. The van der Waals surface area contributed by atoms with Crippen molar-refractivity contribution < 1.29 is 23.5 Å². The fraction of sp³-hybridized carbons (Fsp3) is 0.458. The summed E-state index contributed by atoms with van der Waals surface area (Å²) in [5.74, 6) is -0.0500. The monoisotopic (exact) mass is 441 g/mol. The molecule has 1 fully saturated rings. The molecule has 1 unspecified atom stereocenters. The summed E-state index contributed by atoms with van der Waals surface area (Å²) in [6.45, 7) is 5.40. The van der Waals surface area contributed by atoms with Crippen molar-refractivity contribution in [3.63, 3.8) is 0 Å². The molecule has 0 spiro atoms. The Hall–Kier alpha value is -3.13. The molecule has 0 bridgehead atoms. The van der Waals surface area contributed by atoms with Crippen LogP contribution >= 0.6 is 0 Å². The first-order chi connectivity index (χ1) is 15.4. The molecule has 8 nitrogen and oxygen atoms in total. The van der Waals surface area contributed by atoms with E-state index in [1.807, 2.05) is 38.1 Å². The third-order valence-electron chi connectivity index (χ3n) is 5.58. The van der Waals surface area contributed by atoms with Gasteiger partial charge < -0.3 is 25.1 Å². The predicted octanol–water partition coefficient (Wildman–Crippen LogP) is 2.49. The number of hydrogen-bond donors (Lipinski definition) is 3. The van der Waals surface area contributed by atoms with Gasteiger partial charge in [0.2, 0.25) is 11.8 Å². The summed E-state index contributed by atoms with van der Waals surface area (Å²) in [4.78, 5) is 36.9. The van der Waals surface area contributed by atoms with Crippen molar-refractivity contribution >= 4 is 17.7 Å². The van der Waals surface area contributed by atoms with E-state index in [0.717, 1.165) is 24.0 Å². The first kappa shape index (κ1) is 23.5. The van der Waals surface area contributed by atoms with E-state index in [0.29, 0.717) is 25.5 Å². The molecule has 3 rings (SSSR count). The van der Waals surface area contributed by atoms with Crippen LogP contribution in [0.2, 0.25) is 0 Å².